The standard InChI is InChI=1S/C32H36N8O2/c1-19(25-6-4-13-39(25)2)41-27-15-26(40-14-10-20(16-33)18-40)36-31(37-27)29-22-5-3-11-32(30(22)42-38-29)12-9-21-7-8-24(35)23(17-34)28(21)32/h7-8,15,19-20,25H,3-6,9-14,18,35H2,1-2H3/t19-,20+,25-,32-/m0/s1. The smallest absolute Gasteiger partial charge is 0.219 e. The molecule has 0 radical (unpaired) electrons. The Bertz CT molecular complexity index is 1620. The second-order valence-corrected chi connectivity index (χ2v) is 12.4. The van der Waals surface area contributed by atoms with Gasteiger partial charge in [0.15, 0.2) is 17.3 Å². The highest BCUT2D eigenvalue weighted by atomic mass is 16.5. The van der Waals surface area contributed by atoms with Crippen molar-refractivity contribution in [3.8, 4) is 29.5 Å². The fraction of sp³-hybridized carbons (Fsp3) is 0.531. The lowest BCUT2D eigenvalue weighted by Gasteiger charge is -2.33. The lowest BCUT2D eigenvalue weighted by molar-refractivity contribution is 0.117. The Kier molecular flexibility index (Phi) is 6.55. The van der Waals surface area contributed by atoms with Crippen molar-refractivity contribution in [1.82, 2.24) is 20.0 Å². The molecule has 0 unspecified atom stereocenters. The monoisotopic (exact) mass is 564 g/mol. The van der Waals surface area contributed by atoms with E-state index in [0.29, 0.717) is 41.2 Å². The van der Waals surface area contributed by atoms with Crippen LogP contribution in [0.25, 0.3) is 11.5 Å². The summed E-state index contributed by atoms with van der Waals surface area (Å²) in [6.07, 6.45) is 7.35. The van der Waals surface area contributed by atoms with Crippen LogP contribution in [0.2, 0.25) is 0 Å². The fourth-order valence-corrected chi connectivity index (χ4v) is 7.87. The number of ether oxygens (including phenoxy) is 1. The Morgan fingerprint density at radius 2 is 2.02 bits per heavy atom. The van der Waals surface area contributed by atoms with Crippen LogP contribution < -0.4 is 15.4 Å². The number of nitrogen functional groups attached to an aromatic ring is 1. The predicted octanol–water partition coefficient (Wildman–Crippen LogP) is 4.37. The molecule has 1 aromatic carbocycles. The van der Waals surface area contributed by atoms with Crippen LogP contribution in [0.15, 0.2) is 22.7 Å². The Balaban J connectivity index is 1.30. The van der Waals surface area contributed by atoms with Gasteiger partial charge in [0, 0.05) is 36.4 Å². The van der Waals surface area contributed by atoms with Gasteiger partial charge in [-0.1, -0.05) is 11.2 Å². The van der Waals surface area contributed by atoms with Crippen molar-refractivity contribution in [2.24, 2.45) is 5.92 Å². The van der Waals surface area contributed by atoms with Gasteiger partial charge in [-0.3, -0.25) is 4.90 Å². The van der Waals surface area contributed by atoms with Gasteiger partial charge in [0.25, 0.3) is 0 Å². The van der Waals surface area contributed by atoms with E-state index in [0.717, 1.165) is 92.7 Å². The maximum absolute atomic E-state index is 10.1. The van der Waals surface area contributed by atoms with Crippen molar-refractivity contribution in [3.05, 3.63) is 46.2 Å². The Morgan fingerprint density at radius 1 is 1.14 bits per heavy atom. The van der Waals surface area contributed by atoms with E-state index in [9.17, 15) is 10.5 Å². The van der Waals surface area contributed by atoms with Crippen LogP contribution in [0, 0.1) is 28.6 Å². The molecule has 2 saturated heterocycles. The van der Waals surface area contributed by atoms with Crippen LogP contribution >= 0.6 is 0 Å². The number of likely N-dealkylation sites (tertiary alicyclic amines) is 1. The van der Waals surface area contributed by atoms with Crippen molar-refractivity contribution in [2.45, 2.75) is 75.9 Å². The lowest BCUT2D eigenvalue weighted by Crippen LogP contribution is -2.38. The largest absolute Gasteiger partial charge is 0.473 e. The van der Waals surface area contributed by atoms with Gasteiger partial charge in [-0.05, 0) is 89.1 Å². The highest BCUT2D eigenvalue weighted by Crippen LogP contribution is 2.54. The first-order valence-corrected chi connectivity index (χ1v) is 15.1. The minimum atomic E-state index is -0.428. The molecule has 2 aliphatic carbocycles. The molecule has 2 aliphatic heterocycles. The lowest BCUT2D eigenvalue weighted by atomic mass is 9.68. The number of fused-ring (bicyclic) bond motifs is 4. The molecule has 2 N–H and O–H groups in total. The highest BCUT2D eigenvalue weighted by Gasteiger charge is 2.49. The minimum absolute atomic E-state index is 0.0253. The van der Waals surface area contributed by atoms with Gasteiger partial charge in [-0.25, -0.2) is 4.98 Å². The number of rotatable bonds is 5. The van der Waals surface area contributed by atoms with Crippen molar-refractivity contribution < 1.29 is 9.26 Å². The van der Waals surface area contributed by atoms with Gasteiger partial charge in [0.1, 0.15) is 18.0 Å². The molecular weight excluding hydrogens is 528 g/mol. The summed E-state index contributed by atoms with van der Waals surface area (Å²) in [4.78, 5) is 14.4. The average molecular weight is 565 g/mol. The van der Waals surface area contributed by atoms with Crippen LogP contribution in [-0.2, 0) is 18.3 Å². The summed E-state index contributed by atoms with van der Waals surface area (Å²) in [5, 5.41) is 24.2. The third-order valence-corrected chi connectivity index (χ3v) is 10.0. The molecule has 216 valence electrons. The van der Waals surface area contributed by atoms with Crippen LogP contribution in [0.3, 0.4) is 0 Å². The van der Waals surface area contributed by atoms with E-state index in [1.807, 2.05) is 12.1 Å². The van der Waals surface area contributed by atoms with Gasteiger partial charge >= 0.3 is 0 Å². The van der Waals surface area contributed by atoms with E-state index in [1.54, 1.807) is 0 Å². The van der Waals surface area contributed by atoms with E-state index < -0.39 is 5.41 Å². The summed E-state index contributed by atoms with van der Waals surface area (Å²) in [7, 11) is 2.14. The van der Waals surface area contributed by atoms with Crippen molar-refractivity contribution in [3.63, 3.8) is 0 Å². The van der Waals surface area contributed by atoms with E-state index in [1.165, 1.54) is 0 Å². The maximum Gasteiger partial charge on any atom is 0.219 e. The van der Waals surface area contributed by atoms with Gasteiger partial charge in [0.2, 0.25) is 5.88 Å². The normalized spacial score (nSPS) is 25.7. The quantitative estimate of drug-likeness (QED) is 0.444. The molecule has 0 saturated carbocycles. The third-order valence-electron chi connectivity index (χ3n) is 10.0. The zero-order chi connectivity index (χ0) is 29.0. The van der Waals surface area contributed by atoms with E-state index in [4.69, 9.17) is 25.0 Å². The fourth-order valence-electron chi connectivity index (χ4n) is 7.87. The molecule has 4 heterocycles. The average Bonchev–Trinajstić information content (AvgIpc) is 3.80. The second kappa shape index (κ2) is 10.3. The summed E-state index contributed by atoms with van der Waals surface area (Å²) in [5.74, 6) is 2.52. The molecule has 1 spiro atoms. The van der Waals surface area contributed by atoms with E-state index in [-0.39, 0.29) is 12.0 Å². The molecule has 0 bridgehead atoms. The first-order chi connectivity index (χ1) is 20.4. The summed E-state index contributed by atoms with van der Waals surface area (Å²) in [6, 6.07) is 10.9. The molecule has 42 heavy (non-hydrogen) atoms. The van der Waals surface area contributed by atoms with Crippen LogP contribution in [0.4, 0.5) is 11.5 Å². The molecule has 3 aromatic rings. The van der Waals surface area contributed by atoms with Crippen LogP contribution in [0.5, 0.6) is 5.88 Å². The zero-order valence-electron chi connectivity index (χ0n) is 24.3. The maximum atomic E-state index is 10.1. The minimum Gasteiger partial charge on any atom is -0.473 e. The zero-order valence-corrected chi connectivity index (χ0v) is 24.3. The summed E-state index contributed by atoms with van der Waals surface area (Å²) >= 11 is 0. The summed E-state index contributed by atoms with van der Waals surface area (Å²) < 4.78 is 12.7. The molecule has 2 aromatic heterocycles. The molecular formula is C32H36N8O2. The van der Waals surface area contributed by atoms with Crippen molar-refractivity contribution in [2.75, 3.05) is 37.3 Å². The molecule has 4 atom stereocenters. The molecule has 4 aliphatic rings. The number of likely N-dealkylation sites (N-methyl/N-ethyl adjacent to an activating group) is 1. The number of aryl methyl sites for hydroxylation is 1. The van der Waals surface area contributed by atoms with Gasteiger partial charge in [0.05, 0.1) is 23.0 Å². The number of benzene rings is 1. The number of nitrogens with zero attached hydrogens (tertiary/aromatic N) is 7. The van der Waals surface area contributed by atoms with Gasteiger partial charge in [-0.15, -0.1) is 0 Å². The number of hydrogen-bond acceptors (Lipinski definition) is 10. The van der Waals surface area contributed by atoms with E-state index in [2.05, 4.69) is 47.1 Å². The topological polar surface area (TPSA) is 141 Å². The van der Waals surface area contributed by atoms with Crippen molar-refractivity contribution >= 4 is 11.5 Å². The summed E-state index contributed by atoms with van der Waals surface area (Å²) in [5.41, 5.74) is 10.7. The van der Waals surface area contributed by atoms with E-state index >= 15 is 0 Å². The highest BCUT2D eigenvalue weighted by molar-refractivity contribution is 5.68. The second-order valence-electron chi connectivity index (χ2n) is 12.4. The Labute approximate surface area is 246 Å². The molecule has 2 fully saturated rings. The SMILES string of the molecule is C[C@H](Oc1cc(N2CC[C@H](C#N)C2)nc(-c2noc3c2CCC[C@@]32CCc3ccc(N)c(C#N)c32)n1)[C@@H]1CCCN1C. The predicted molar refractivity (Wildman–Crippen MR) is 157 cm³/mol. The van der Waals surface area contributed by atoms with Gasteiger partial charge in [-0.2, -0.15) is 15.5 Å². The first kappa shape index (κ1) is 26.7. The Morgan fingerprint density at radius 3 is 2.79 bits per heavy atom. The number of anilines is 2. The number of nitriles is 2. The van der Waals surface area contributed by atoms with Crippen LogP contribution in [0.1, 0.15) is 73.5 Å². The third kappa shape index (κ3) is 4.20. The first-order valence-electron chi connectivity index (χ1n) is 15.1. The molecule has 0 amide bonds. The molecule has 10 heteroatoms. The van der Waals surface area contributed by atoms with Crippen molar-refractivity contribution in [1.29, 1.82) is 10.5 Å². The Hall–Kier alpha value is -4.15. The molecule has 10 nitrogen and oxygen atoms in total. The summed E-state index contributed by atoms with van der Waals surface area (Å²) in [6.45, 7) is 4.55. The number of hydrogen-bond donors (Lipinski definition) is 1. The van der Waals surface area contributed by atoms with Crippen LogP contribution in [-0.4, -0.2) is 58.9 Å². The number of nitrogens with two attached hydrogens (primary N) is 1. The number of aromatic nitrogens is 3. The molecule has 7 rings (SSSR count). The van der Waals surface area contributed by atoms with Gasteiger partial charge < -0.3 is 19.9 Å².